The van der Waals surface area contributed by atoms with Crippen LogP contribution in [0.4, 0.5) is 0 Å². The lowest BCUT2D eigenvalue weighted by atomic mass is 9.49. The van der Waals surface area contributed by atoms with Gasteiger partial charge in [0, 0.05) is 35.5 Å². The van der Waals surface area contributed by atoms with Crippen molar-refractivity contribution in [1.29, 1.82) is 0 Å². The zero-order chi connectivity index (χ0) is 26.5. The quantitative estimate of drug-likeness (QED) is 0.396. The molecule has 0 aromatic rings. The fraction of sp³-hybridized carbons (Fsp3) is 0.844. The molecule has 5 nitrogen and oxygen atoms in total. The minimum Gasteiger partial charge on any atom is -0.359 e. The largest absolute Gasteiger partial charge is 0.359 e. The second-order valence-corrected chi connectivity index (χ2v) is 14.5. The van der Waals surface area contributed by atoms with Gasteiger partial charge in [-0.2, -0.15) is 0 Å². The number of carbonyl (C=O) groups is 2. The normalized spacial score (nSPS) is 39.7. The molecule has 4 unspecified atom stereocenters. The van der Waals surface area contributed by atoms with Gasteiger partial charge in [-0.3, -0.25) is 14.5 Å². The summed E-state index contributed by atoms with van der Waals surface area (Å²) in [7, 11) is 0. The molecule has 0 aromatic heterocycles. The lowest BCUT2D eigenvalue weighted by Gasteiger charge is -2.57. The molecular formula is C32H49N3O2S. The second kappa shape index (κ2) is 10.5. The van der Waals surface area contributed by atoms with Crippen LogP contribution in [-0.2, 0) is 9.59 Å². The number of piperidine rings is 1. The Balaban J connectivity index is 1.23. The summed E-state index contributed by atoms with van der Waals surface area (Å²) < 4.78 is 0. The van der Waals surface area contributed by atoms with Crippen LogP contribution in [0.3, 0.4) is 0 Å². The number of nitrogens with one attached hydrogen (secondary N) is 2. The molecule has 6 aliphatic rings. The van der Waals surface area contributed by atoms with Crippen molar-refractivity contribution in [3.05, 3.63) is 11.8 Å². The van der Waals surface area contributed by atoms with E-state index in [1.807, 2.05) is 0 Å². The van der Waals surface area contributed by atoms with Crippen LogP contribution in [0.5, 0.6) is 0 Å². The summed E-state index contributed by atoms with van der Waals surface area (Å²) in [6.45, 7) is 4.85. The van der Waals surface area contributed by atoms with Gasteiger partial charge in [-0.25, -0.2) is 0 Å². The highest BCUT2D eigenvalue weighted by Gasteiger charge is 2.60. The minimum atomic E-state index is 0.0469. The standard InChI is InChI=1S/C32H49N3O2S/c1-31-19-17-25-23(13-16-27-32(25,2)20-18-28(36)34-27)24(31)14-15-26(31)29(37)35(22-11-7-4-8-12-22)30(38)33-21-9-5-3-6-10-21/h16,21-26H,3-15,17-20H2,1-2H3,(H,33,38)(H,34,36)/t23?,24?,25?,26?,31-,32+/m0/s1. The van der Waals surface area contributed by atoms with E-state index in [1.165, 1.54) is 63.5 Å². The van der Waals surface area contributed by atoms with Crippen molar-refractivity contribution in [2.24, 2.45) is 34.5 Å². The van der Waals surface area contributed by atoms with Gasteiger partial charge in [-0.1, -0.05) is 58.4 Å². The molecule has 0 spiro atoms. The first-order valence-electron chi connectivity index (χ1n) is 16.0. The molecule has 1 aliphatic heterocycles. The van der Waals surface area contributed by atoms with Crippen LogP contribution in [0, 0.1) is 34.5 Å². The molecule has 6 rings (SSSR count). The van der Waals surface area contributed by atoms with Gasteiger partial charge in [0.15, 0.2) is 5.11 Å². The van der Waals surface area contributed by atoms with Crippen molar-refractivity contribution in [3.8, 4) is 0 Å². The zero-order valence-corrected chi connectivity index (χ0v) is 24.6. The van der Waals surface area contributed by atoms with Gasteiger partial charge < -0.3 is 10.6 Å². The molecule has 1 heterocycles. The van der Waals surface area contributed by atoms with Gasteiger partial charge in [-0.15, -0.1) is 0 Å². The molecular weight excluding hydrogens is 490 g/mol. The summed E-state index contributed by atoms with van der Waals surface area (Å²) in [5.74, 6) is 2.39. The third kappa shape index (κ3) is 4.55. The Labute approximate surface area is 235 Å². The summed E-state index contributed by atoms with van der Waals surface area (Å²) in [4.78, 5) is 28.9. The van der Waals surface area contributed by atoms with Gasteiger partial charge in [0.2, 0.25) is 11.8 Å². The van der Waals surface area contributed by atoms with E-state index < -0.39 is 0 Å². The Morgan fingerprint density at radius 1 is 0.947 bits per heavy atom. The first-order chi connectivity index (χ1) is 18.3. The first kappa shape index (κ1) is 26.8. The second-order valence-electron chi connectivity index (χ2n) is 14.2. The topological polar surface area (TPSA) is 61.4 Å². The summed E-state index contributed by atoms with van der Waals surface area (Å²) >= 11 is 6.06. The van der Waals surface area contributed by atoms with Gasteiger partial charge >= 0.3 is 0 Å². The summed E-state index contributed by atoms with van der Waals surface area (Å²) in [5, 5.41) is 7.64. The number of thiocarbonyl (C=S) groups is 1. The monoisotopic (exact) mass is 539 g/mol. The van der Waals surface area contributed by atoms with Gasteiger partial charge in [0.25, 0.3) is 0 Å². The molecule has 1 saturated heterocycles. The number of amides is 2. The molecule has 2 N–H and O–H groups in total. The predicted molar refractivity (Wildman–Crippen MR) is 155 cm³/mol. The van der Waals surface area contributed by atoms with Crippen molar-refractivity contribution in [2.75, 3.05) is 0 Å². The highest BCUT2D eigenvalue weighted by Crippen LogP contribution is 2.65. The first-order valence-corrected chi connectivity index (χ1v) is 16.4. The van der Waals surface area contributed by atoms with Gasteiger partial charge in [-0.05, 0) is 99.6 Å². The van der Waals surface area contributed by atoms with Gasteiger partial charge in [0.1, 0.15) is 0 Å². The molecule has 0 aromatic carbocycles. The highest BCUT2D eigenvalue weighted by molar-refractivity contribution is 7.80. The molecule has 5 aliphatic carbocycles. The molecule has 210 valence electrons. The van der Waals surface area contributed by atoms with Crippen molar-refractivity contribution in [2.45, 2.75) is 135 Å². The Bertz CT molecular complexity index is 983. The minimum absolute atomic E-state index is 0.0469. The predicted octanol–water partition coefficient (Wildman–Crippen LogP) is 6.62. The maximum absolute atomic E-state index is 14.6. The van der Waals surface area contributed by atoms with E-state index in [2.05, 4.69) is 35.5 Å². The lowest BCUT2D eigenvalue weighted by molar-refractivity contribution is -0.141. The van der Waals surface area contributed by atoms with Crippen LogP contribution < -0.4 is 10.6 Å². The van der Waals surface area contributed by atoms with Crippen LogP contribution in [-0.4, -0.2) is 33.9 Å². The van der Waals surface area contributed by atoms with Crippen molar-refractivity contribution < 1.29 is 9.59 Å². The third-order valence-corrected chi connectivity index (χ3v) is 12.6. The van der Waals surface area contributed by atoms with Gasteiger partial charge in [0.05, 0.1) is 0 Å². The summed E-state index contributed by atoms with van der Waals surface area (Å²) in [6, 6.07) is 0.696. The molecule has 2 amide bonds. The van der Waals surface area contributed by atoms with E-state index in [9.17, 15) is 9.59 Å². The van der Waals surface area contributed by atoms with E-state index >= 15 is 0 Å². The van der Waals surface area contributed by atoms with E-state index in [4.69, 9.17) is 12.2 Å². The number of rotatable bonds is 3. The average molecular weight is 540 g/mol. The maximum atomic E-state index is 14.6. The lowest BCUT2D eigenvalue weighted by Crippen LogP contribution is -2.57. The fourth-order valence-corrected chi connectivity index (χ4v) is 10.4. The van der Waals surface area contributed by atoms with E-state index in [-0.39, 0.29) is 28.7 Å². The number of allylic oxidation sites excluding steroid dienone is 2. The number of nitrogens with zero attached hydrogens (tertiary/aromatic N) is 1. The van der Waals surface area contributed by atoms with E-state index in [1.54, 1.807) is 0 Å². The number of hydrogen-bond acceptors (Lipinski definition) is 3. The number of carbonyl (C=O) groups excluding carboxylic acids is 2. The molecule has 5 fully saturated rings. The van der Waals surface area contributed by atoms with E-state index in [0.29, 0.717) is 36.1 Å². The van der Waals surface area contributed by atoms with Crippen molar-refractivity contribution in [1.82, 2.24) is 15.5 Å². The fourth-order valence-electron chi connectivity index (χ4n) is 10.0. The molecule has 38 heavy (non-hydrogen) atoms. The van der Waals surface area contributed by atoms with Crippen molar-refractivity contribution in [3.63, 3.8) is 0 Å². The maximum Gasteiger partial charge on any atom is 0.232 e. The zero-order valence-electron chi connectivity index (χ0n) is 23.7. The van der Waals surface area contributed by atoms with Crippen LogP contribution in [0.25, 0.3) is 0 Å². The Hall–Kier alpha value is -1.43. The molecule has 0 bridgehead atoms. The Morgan fingerprint density at radius 3 is 2.39 bits per heavy atom. The number of fused-ring (bicyclic) bond motifs is 5. The summed E-state index contributed by atoms with van der Waals surface area (Å²) in [5.41, 5.74) is 1.32. The number of hydrogen-bond donors (Lipinski definition) is 2. The molecule has 4 saturated carbocycles. The summed E-state index contributed by atoms with van der Waals surface area (Å²) in [6.07, 6.45) is 21.5. The molecule has 6 heteroatoms. The SMILES string of the molecule is C[C@]12CCC3C(CC=C4NC(=O)CC[C@@]43C)C1CCC2C(=O)N(C(=S)NC1CCCCC1)C1CCCCC1. The third-order valence-electron chi connectivity index (χ3n) is 12.2. The molecule has 0 radical (unpaired) electrons. The van der Waals surface area contributed by atoms with Crippen LogP contribution >= 0.6 is 12.2 Å². The van der Waals surface area contributed by atoms with Crippen molar-refractivity contribution >= 4 is 29.1 Å². The Morgan fingerprint density at radius 2 is 1.66 bits per heavy atom. The Kier molecular flexibility index (Phi) is 7.41. The average Bonchev–Trinajstić information content (AvgIpc) is 3.27. The van der Waals surface area contributed by atoms with Crippen LogP contribution in [0.1, 0.15) is 123 Å². The van der Waals surface area contributed by atoms with Crippen LogP contribution in [0.2, 0.25) is 0 Å². The highest BCUT2D eigenvalue weighted by atomic mass is 32.1. The van der Waals surface area contributed by atoms with E-state index in [0.717, 1.165) is 50.1 Å². The van der Waals surface area contributed by atoms with Crippen LogP contribution in [0.15, 0.2) is 11.8 Å². The smallest absolute Gasteiger partial charge is 0.232 e. The molecule has 6 atom stereocenters.